The molecule has 0 bridgehead atoms. The van der Waals surface area contributed by atoms with Crippen LogP contribution in [0.5, 0.6) is 0 Å². The maximum absolute atomic E-state index is 10.8. The summed E-state index contributed by atoms with van der Waals surface area (Å²) in [5.41, 5.74) is 6.81. The van der Waals surface area contributed by atoms with Crippen LogP contribution < -0.4 is 10.6 Å². The number of nitro benzene ring substituents is 1. The number of nitrogens with two attached hydrogens (primary N) is 1. The van der Waals surface area contributed by atoms with Gasteiger partial charge >= 0.3 is 0 Å². The molecule has 2 atom stereocenters. The second-order valence-electron chi connectivity index (χ2n) is 5.53. The molecule has 0 aliphatic heterocycles. The third-order valence-corrected chi connectivity index (χ3v) is 4.67. The summed E-state index contributed by atoms with van der Waals surface area (Å²) in [6, 6.07) is 5.07. The van der Waals surface area contributed by atoms with Gasteiger partial charge in [0.05, 0.1) is 15.6 Å². The molecule has 1 fully saturated rings. The summed E-state index contributed by atoms with van der Waals surface area (Å²) in [5, 5.41) is 11.3. The monoisotopic (exact) mass is 311 g/mol. The predicted octanol–water partition coefficient (Wildman–Crippen LogP) is 3.59. The second kappa shape index (κ2) is 7.09. The quantitative estimate of drug-likeness (QED) is 0.666. The summed E-state index contributed by atoms with van der Waals surface area (Å²) in [4.78, 5) is 12.7. The summed E-state index contributed by atoms with van der Waals surface area (Å²) in [6.45, 7) is 3.57. The lowest BCUT2D eigenvalue weighted by Crippen LogP contribution is -2.45. The molecule has 0 amide bonds. The first-order chi connectivity index (χ1) is 10.1. The van der Waals surface area contributed by atoms with Gasteiger partial charge in [0.15, 0.2) is 0 Å². The Morgan fingerprint density at radius 3 is 2.71 bits per heavy atom. The molecule has 0 aromatic heterocycles. The van der Waals surface area contributed by atoms with Crippen LogP contribution in [0, 0.1) is 16.0 Å². The largest absolute Gasteiger partial charge is 0.367 e. The SMILES string of the molecule is CCN(c1ccc([N+](=O)[O-])cc1Cl)C1CCCCC1CN. The van der Waals surface area contributed by atoms with Gasteiger partial charge in [0.25, 0.3) is 5.69 Å². The van der Waals surface area contributed by atoms with E-state index in [4.69, 9.17) is 17.3 Å². The zero-order valence-electron chi connectivity index (χ0n) is 12.3. The minimum absolute atomic E-state index is 0.0267. The lowest BCUT2D eigenvalue weighted by molar-refractivity contribution is -0.384. The van der Waals surface area contributed by atoms with Crippen LogP contribution in [0.25, 0.3) is 0 Å². The van der Waals surface area contributed by atoms with Crippen LogP contribution in [0.2, 0.25) is 5.02 Å². The van der Waals surface area contributed by atoms with E-state index >= 15 is 0 Å². The van der Waals surface area contributed by atoms with E-state index in [1.165, 1.54) is 25.0 Å². The van der Waals surface area contributed by atoms with Gasteiger partial charge in [-0.15, -0.1) is 0 Å². The van der Waals surface area contributed by atoms with Crippen LogP contribution in [0.1, 0.15) is 32.6 Å². The number of nitro groups is 1. The van der Waals surface area contributed by atoms with Crippen LogP contribution in [-0.4, -0.2) is 24.1 Å². The molecule has 1 aliphatic carbocycles. The minimum Gasteiger partial charge on any atom is -0.367 e. The maximum atomic E-state index is 10.8. The van der Waals surface area contributed by atoms with Gasteiger partial charge in [-0.1, -0.05) is 24.4 Å². The molecular weight excluding hydrogens is 290 g/mol. The van der Waals surface area contributed by atoms with Gasteiger partial charge in [-0.2, -0.15) is 0 Å². The van der Waals surface area contributed by atoms with Crippen molar-refractivity contribution in [3.8, 4) is 0 Å². The number of halogens is 1. The Morgan fingerprint density at radius 2 is 2.14 bits per heavy atom. The Labute approximate surface area is 130 Å². The Bertz CT molecular complexity index is 510. The van der Waals surface area contributed by atoms with E-state index in [0.717, 1.165) is 25.1 Å². The molecule has 2 rings (SSSR count). The van der Waals surface area contributed by atoms with Gasteiger partial charge in [-0.05, 0) is 38.3 Å². The number of non-ortho nitro benzene ring substituents is 1. The Morgan fingerprint density at radius 1 is 1.43 bits per heavy atom. The van der Waals surface area contributed by atoms with Gasteiger partial charge in [-0.25, -0.2) is 0 Å². The van der Waals surface area contributed by atoms with Gasteiger partial charge in [0.2, 0.25) is 0 Å². The molecule has 0 heterocycles. The zero-order chi connectivity index (χ0) is 15.4. The molecule has 2 unspecified atom stereocenters. The zero-order valence-corrected chi connectivity index (χ0v) is 13.1. The Balaban J connectivity index is 2.30. The molecule has 1 aromatic carbocycles. The van der Waals surface area contributed by atoms with Crippen LogP contribution in [0.15, 0.2) is 18.2 Å². The summed E-state index contributed by atoms with van der Waals surface area (Å²) < 4.78 is 0. The first-order valence-corrected chi connectivity index (χ1v) is 7.87. The number of hydrogen-bond acceptors (Lipinski definition) is 4. The van der Waals surface area contributed by atoms with Gasteiger partial charge in [0.1, 0.15) is 0 Å². The smallest absolute Gasteiger partial charge is 0.271 e. The summed E-state index contributed by atoms with van der Waals surface area (Å²) in [5.74, 6) is 0.463. The highest BCUT2D eigenvalue weighted by molar-refractivity contribution is 6.33. The minimum atomic E-state index is -0.421. The summed E-state index contributed by atoms with van der Waals surface area (Å²) in [6.07, 6.45) is 4.66. The van der Waals surface area contributed by atoms with E-state index in [1.54, 1.807) is 6.07 Å². The van der Waals surface area contributed by atoms with E-state index in [2.05, 4.69) is 11.8 Å². The third kappa shape index (κ3) is 3.47. The number of nitrogens with zero attached hydrogens (tertiary/aromatic N) is 2. The molecule has 21 heavy (non-hydrogen) atoms. The maximum Gasteiger partial charge on any atom is 0.271 e. The van der Waals surface area contributed by atoms with Crippen molar-refractivity contribution >= 4 is 23.0 Å². The molecule has 1 aliphatic rings. The molecule has 0 saturated heterocycles. The highest BCUT2D eigenvalue weighted by atomic mass is 35.5. The van der Waals surface area contributed by atoms with Crippen LogP contribution in [-0.2, 0) is 0 Å². The Kier molecular flexibility index (Phi) is 5.42. The molecule has 116 valence electrons. The fraction of sp³-hybridized carbons (Fsp3) is 0.600. The van der Waals surface area contributed by atoms with Crippen molar-refractivity contribution in [2.45, 2.75) is 38.6 Å². The van der Waals surface area contributed by atoms with E-state index < -0.39 is 4.92 Å². The fourth-order valence-corrected chi connectivity index (χ4v) is 3.58. The van der Waals surface area contributed by atoms with Crippen LogP contribution >= 0.6 is 11.6 Å². The van der Waals surface area contributed by atoms with Crippen molar-refractivity contribution in [2.24, 2.45) is 11.7 Å². The standard InChI is InChI=1S/C15H22ClN3O2/c1-2-18(14-6-4-3-5-11(14)10-17)15-8-7-12(19(20)21)9-13(15)16/h7-9,11,14H,2-6,10,17H2,1H3. The van der Waals surface area contributed by atoms with Crippen molar-refractivity contribution in [2.75, 3.05) is 18.0 Å². The highest BCUT2D eigenvalue weighted by Gasteiger charge is 2.30. The van der Waals surface area contributed by atoms with E-state index in [9.17, 15) is 10.1 Å². The summed E-state index contributed by atoms with van der Waals surface area (Å²) >= 11 is 6.28. The number of benzene rings is 1. The molecule has 0 spiro atoms. The van der Waals surface area contributed by atoms with Gasteiger partial charge < -0.3 is 10.6 Å². The molecule has 1 aromatic rings. The van der Waals surface area contributed by atoms with Crippen molar-refractivity contribution in [3.63, 3.8) is 0 Å². The summed E-state index contributed by atoms with van der Waals surface area (Å²) in [7, 11) is 0. The first kappa shape index (κ1) is 16.0. The molecular formula is C15H22ClN3O2. The second-order valence-corrected chi connectivity index (χ2v) is 5.93. The lowest BCUT2D eigenvalue weighted by atomic mass is 9.83. The number of anilines is 1. The van der Waals surface area contributed by atoms with Crippen molar-refractivity contribution in [1.29, 1.82) is 0 Å². The lowest BCUT2D eigenvalue weighted by Gasteiger charge is -2.41. The van der Waals surface area contributed by atoms with Crippen LogP contribution in [0.4, 0.5) is 11.4 Å². The van der Waals surface area contributed by atoms with E-state index in [0.29, 0.717) is 23.5 Å². The highest BCUT2D eigenvalue weighted by Crippen LogP contribution is 2.36. The number of rotatable bonds is 5. The third-order valence-electron chi connectivity index (χ3n) is 4.36. The van der Waals surface area contributed by atoms with E-state index in [-0.39, 0.29) is 5.69 Å². The molecule has 2 N–H and O–H groups in total. The fourth-order valence-electron chi connectivity index (χ4n) is 3.30. The number of hydrogen-bond donors (Lipinski definition) is 1. The molecule has 1 saturated carbocycles. The van der Waals surface area contributed by atoms with Gasteiger partial charge in [0, 0.05) is 24.7 Å². The molecule has 6 heteroatoms. The topological polar surface area (TPSA) is 72.4 Å². The Hall–Kier alpha value is -1.33. The average molecular weight is 312 g/mol. The molecule has 5 nitrogen and oxygen atoms in total. The van der Waals surface area contributed by atoms with Crippen molar-refractivity contribution in [3.05, 3.63) is 33.3 Å². The predicted molar refractivity (Wildman–Crippen MR) is 85.9 cm³/mol. The molecule has 0 radical (unpaired) electrons. The van der Waals surface area contributed by atoms with E-state index in [1.807, 2.05) is 0 Å². The van der Waals surface area contributed by atoms with Crippen molar-refractivity contribution in [1.82, 2.24) is 0 Å². The van der Waals surface area contributed by atoms with Crippen LogP contribution in [0.3, 0.4) is 0 Å². The first-order valence-electron chi connectivity index (χ1n) is 7.49. The van der Waals surface area contributed by atoms with Gasteiger partial charge in [-0.3, -0.25) is 10.1 Å². The average Bonchev–Trinajstić information content (AvgIpc) is 2.49. The van der Waals surface area contributed by atoms with Crippen molar-refractivity contribution < 1.29 is 4.92 Å². The normalized spacial score (nSPS) is 22.0.